The molecule has 1 aliphatic rings. The van der Waals surface area contributed by atoms with E-state index in [0.717, 1.165) is 43.5 Å². The smallest absolute Gasteiger partial charge is 0.226 e. The van der Waals surface area contributed by atoms with Crippen molar-refractivity contribution < 1.29 is 13.5 Å². The number of guanidine groups is 1. The number of nitrogens with zero attached hydrogens (tertiary/aromatic N) is 3. The standard InChI is InChI=1S/C22H32FN5O2.HI/c1-16(2)13-28-10-11-29-20(14-28)12-26-22(24-3)25-9-8-19-15-30-21(27-19)17-4-6-18(23)7-5-17;/h4-7,15-16,20H,8-14H2,1-3H3,(H2,24,25,26);1H. The van der Waals surface area contributed by atoms with Gasteiger partial charge in [0.05, 0.1) is 18.4 Å². The van der Waals surface area contributed by atoms with E-state index in [1.807, 2.05) is 0 Å². The van der Waals surface area contributed by atoms with E-state index in [-0.39, 0.29) is 35.9 Å². The lowest BCUT2D eigenvalue weighted by molar-refractivity contribution is -0.0284. The summed E-state index contributed by atoms with van der Waals surface area (Å²) in [5.74, 6) is 1.61. The highest BCUT2D eigenvalue weighted by Crippen LogP contribution is 2.19. The number of oxazole rings is 1. The quantitative estimate of drug-likeness (QED) is 0.302. The minimum absolute atomic E-state index is 0. The average molecular weight is 545 g/mol. The lowest BCUT2D eigenvalue weighted by atomic mass is 10.2. The minimum atomic E-state index is -0.278. The molecule has 1 unspecified atom stereocenters. The maximum absolute atomic E-state index is 13.0. The molecule has 0 saturated carbocycles. The Hall–Kier alpha value is -1.72. The van der Waals surface area contributed by atoms with E-state index < -0.39 is 0 Å². The number of aliphatic imine (C=N–C) groups is 1. The van der Waals surface area contributed by atoms with E-state index in [4.69, 9.17) is 9.15 Å². The van der Waals surface area contributed by atoms with Gasteiger partial charge in [-0.3, -0.25) is 9.89 Å². The Labute approximate surface area is 200 Å². The number of rotatable bonds is 8. The molecule has 1 fully saturated rings. The molecule has 0 aliphatic carbocycles. The third kappa shape index (κ3) is 8.38. The van der Waals surface area contributed by atoms with Gasteiger partial charge in [-0.15, -0.1) is 24.0 Å². The first-order valence-electron chi connectivity index (χ1n) is 10.5. The fourth-order valence-electron chi connectivity index (χ4n) is 3.47. The fraction of sp³-hybridized carbons (Fsp3) is 0.545. The van der Waals surface area contributed by atoms with Crippen molar-refractivity contribution in [2.45, 2.75) is 26.4 Å². The fourth-order valence-corrected chi connectivity index (χ4v) is 3.47. The van der Waals surface area contributed by atoms with Gasteiger partial charge in [0.15, 0.2) is 5.96 Å². The SMILES string of the molecule is CN=C(NCCc1coc(-c2ccc(F)cc2)n1)NCC1CN(CC(C)C)CCO1.I. The number of benzene rings is 1. The second kappa shape index (κ2) is 13.0. The summed E-state index contributed by atoms with van der Waals surface area (Å²) in [6.45, 7) is 9.68. The first kappa shape index (κ1) is 25.5. The largest absolute Gasteiger partial charge is 0.444 e. The zero-order valence-corrected chi connectivity index (χ0v) is 20.8. The molecule has 1 saturated heterocycles. The summed E-state index contributed by atoms with van der Waals surface area (Å²) < 4.78 is 24.4. The number of ether oxygens (including phenoxy) is 1. The molecule has 0 bridgehead atoms. The second-order valence-corrected chi connectivity index (χ2v) is 7.93. The van der Waals surface area contributed by atoms with E-state index in [1.165, 1.54) is 12.1 Å². The van der Waals surface area contributed by atoms with Gasteiger partial charge in [0.1, 0.15) is 12.1 Å². The number of aromatic nitrogens is 1. The molecule has 2 N–H and O–H groups in total. The molecule has 1 aromatic heterocycles. The lowest BCUT2D eigenvalue weighted by Crippen LogP contribution is -2.50. The van der Waals surface area contributed by atoms with Crippen LogP contribution in [0.3, 0.4) is 0 Å². The molecule has 0 spiro atoms. The third-order valence-corrected chi connectivity index (χ3v) is 4.88. The predicted molar refractivity (Wildman–Crippen MR) is 131 cm³/mol. The van der Waals surface area contributed by atoms with Crippen LogP contribution in [0.5, 0.6) is 0 Å². The highest BCUT2D eigenvalue weighted by atomic mass is 127. The number of hydrogen-bond acceptors (Lipinski definition) is 5. The van der Waals surface area contributed by atoms with Crippen LogP contribution >= 0.6 is 24.0 Å². The summed E-state index contributed by atoms with van der Waals surface area (Å²) in [4.78, 5) is 11.2. The van der Waals surface area contributed by atoms with Gasteiger partial charge in [-0.05, 0) is 30.2 Å². The summed E-state index contributed by atoms with van der Waals surface area (Å²) in [6.07, 6.45) is 2.48. The third-order valence-electron chi connectivity index (χ3n) is 4.88. The Morgan fingerprint density at radius 2 is 2.06 bits per heavy atom. The minimum Gasteiger partial charge on any atom is -0.444 e. The molecule has 31 heavy (non-hydrogen) atoms. The van der Waals surface area contributed by atoms with Crippen LogP contribution in [-0.4, -0.2) is 68.3 Å². The molecule has 3 rings (SSSR count). The Balaban J connectivity index is 0.00000341. The van der Waals surface area contributed by atoms with E-state index in [1.54, 1.807) is 25.4 Å². The maximum Gasteiger partial charge on any atom is 0.226 e. The van der Waals surface area contributed by atoms with Crippen LogP contribution in [0, 0.1) is 11.7 Å². The molecular weight excluding hydrogens is 512 g/mol. The number of hydrogen-bond donors (Lipinski definition) is 2. The van der Waals surface area contributed by atoms with Crippen molar-refractivity contribution in [3.8, 4) is 11.5 Å². The molecule has 172 valence electrons. The summed E-state index contributed by atoms with van der Waals surface area (Å²) in [7, 11) is 1.75. The van der Waals surface area contributed by atoms with Gasteiger partial charge < -0.3 is 19.8 Å². The summed E-state index contributed by atoms with van der Waals surface area (Å²) in [5.41, 5.74) is 1.59. The van der Waals surface area contributed by atoms with Crippen LogP contribution in [-0.2, 0) is 11.2 Å². The van der Waals surface area contributed by atoms with Gasteiger partial charge >= 0.3 is 0 Å². The number of halogens is 2. The van der Waals surface area contributed by atoms with Crippen molar-refractivity contribution in [3.05, 3.63) is 42.0 Å². The molecule has 9 heteroatoms. The monoisotopic (exact) mass is 545 g/mol. The second-order valence-electron chi connectivity index (χ2n) is 7.93. The molecule has 1 aliphatic heterocycles. The molecule has 1 atom stereocenters. The van der Waals surface area contributed by atoms with Gasteiger partial charge in [-0.1, -0.05) is 13.8 Å². The normalized spacial score (nSPS) is 17.5. The molecule has 7 nitrogen and oxygen atoms in total. The van der Waals surface area contributed by atoms with Gasteiger partial charge in [0.25, 0.3) is 0 Å². The van der Waals surface area contributed by atoms with Crippen LogP contribution in [0.25, 0.3) is 11.5 Å². The molecule has 0 radical (unpaired) electrons. The molecule has 0 amide bonds. The summed E-state index contributed by atoms with van der Waals surface area (Å²) in [5, 5.41) is 6.64. The summed E-state index contributed by atoms with van der Waals surface area (Å²) >= 11 is 0. The first-order chi connectivity index (χ1) is 14.5. The van der Waals surface area contributed by atoms with Crippen molar-refractivity contribution in [3.63, 3.8) is 0 Å². The zero-order valence-electron chi connectivity index (χ0n) is 18.4. The Morgan fingerprint density at radius 3 is 2.77 bits per heavy atom. The molecule has 2 aromatic rings. The lowest BCUT2D eigenvalue weighted by Gasteiger charge is -2.34. The van der Waals surface area contributed by atoms with Crippen molar-refractivity contribution >= 4 is 29.9 Å². The maximum atomic E-state index is 13.0. The predicted octanol–water partition coefficient (Wildman–Crippen LogP) is 3.16. The topological polar surface area (TPSA) is 74.9 Å². The Morgan fingerprint density at radius 1 is 1.29 bits per heavy atom. The van der Waals surface area contributed by atoms with Gasteiger partial charge in [0.2, 0.25) is 5.89 Å². The van der Waals surface area contributed by atoms with Crippen LogP contribution in [0.1, 0.15) is 19.5 Å². The van der Waals surface area contributed by atoms with Crippen LogP contribution in [0.2, 0.25) is 0 Å². The van der Waals surface area contributed by atoms with Crippen molar-refractivity contribution in [1.82, 2.24) is 20.5 Å². The highest BCUT2D eigenvalue weighted by molar-refractivity contribution is 14.0. The van der Waals surface area contributed by atoms with E-state index in [0.29, 0.717) is 31.3 Å². The van der Waals surface area contributed by atoms with Crippen molar-refractivity contribution in [1.29, 1.82) is 0 Å². The van der Waals surface area contributed by atoms with Crippen molar-refractivity contribution in [2.75, 3.05) is 46.4 Å². The number of nitrogens with one attached hydrogen (secondary N) is 2. The van der Waals surface area contributed by atoms with E-state index >= 15 is 0 Å². The molecule has 1 aromatic carbocycles. The number of morpholine rings is 1. The van der Waals surface area contributed by atoms with E-state index in [2.05, 4.69) is 39.4 Å². The Kier molecular flexibility index (Phi) is 10.7. The first-order valence-corrected chi connectivity index (χ1v) is 10.5. The van der Waals surface area contributed by atoms with Crippen LogP contribution < -0.4 is 10.6 Å². The molecule has 2 heterocycles. The average Bonchev–Trinajstić information content (AvgIpc) is 3.20. The van der Waals surface area contributed by atoms with Crippen LogP contribution in [0.4, 0.5) is 4.39 Å². The van der Waals surface area contributed by atoms with Gasteiger partial charge in [-0.25, -0.2) is 9.37 Å². The Bertz CT molecular complexity index is 812. The van der Waals surface area contributed by atoms with Gasteiger partial charge in [0, 0.05) is 51.8 Å². The van der Waals surface area contributed by atoms with Crippen molar-refractivity contribution in [2.24, 2.45) is 10.9 Å². The van der Waals surface area contributed by atoms with E-state index in [9.17, 15) is 4.39 Å². The zero-order chi connectivity index (χ0) is 21.3. The molecular formula is C22H33FIN5O2. The summed E-state index contributed by atoms with van der Waals surface area (Å²) in [6, 6.07) is 6.11. The van der Waals surface area contributed by atoms with Gasteiger partial charge in [-0.2, -0.15) is 0 Å². The van der Waals surface area contributed by atoms with Crippen LogP contribution in [0.15, 0.2) is 39.9 Å². The highest BCUT2D eigenvalue weighted by Gasteiger charge is 2.21.